The van der Waals surface area contributed by atoms with Crippen molar-refractivity contribution in [1.82, 2.24) is 0 Å². The van der Waals surface area contributed by atoms with Gasteiger partial charge in [0.1, 0.15) is 0 Å². The highest BCUT2D eigenvalue weighted by Gasteiger charge is 2.29. The fourth-order valence-corrected chi connectivity index (χ4v) is 2.02. The van der Waals surface area contributed by atoms with Crippen LogP contribution in [-0.2, 0) is 4.74 Å². The van der Waals surface area contributed by atoms with Crippen LogP contribution in [0, 0.1) is 0 Å². The van der Waals surface area contributed by atoms with Crippen LogP contribution in [0.15, 0.2) is 0 Å². The summed E-state index contributed by atoms with van der Waals surface area (Å²) in [6.07, 6.45) is 5.12. The van der Waals surface area contributed by atoms with Crippen molar-refractivity contribution in [2.75, 3.05) is 7.11 Å². The van der Waals surface area contributed by atoms with Crippen LogP contribution >= 0.6 is 22.6 Å². The Bertz CT molecular complexity index is 106. The van der Waals surface area contributed by atoms with Gasteiger partial charge in [-0.25, -0.2) is 0 Å². The van der Waals surface area contributed by atoms with Gasteiger partial charge in [-0.3, -0.25) is 0 Å². The molecule has 0 atom stereocenters. The zero-order valence-electron chi connectivity index (χ0n) is 6.69. The lowest BCUT2D eigenvalue weighted by atomic mass is 9.86. The van der Waals surface area contributed by atoms with E-state index < -0.39 is 0 Å². The van der Waals surface area contributed by atoms with E-state index in [1.54, 1.807) is 0 Å². The van der Waals surface area contributed by atoms with Gasteiger partial charge in [-0.1, -0.05) is 22.6 Å². The number of rotatable bonds is 1. The fourth-order valence-electron chi connectivity index (χ4n) is 1.40. The number of alkyl halides is 1. The molecule has 2 heteroatoms. The van der Waals surface area contributed by atoms with Gasteiger partial charge in [0.2, 0.25) is 0 Å². The number of ether oxygens (including phenoxy) is 1. The summed E-state index contributed by atoms with van der Waals surface area (Å²) in [5, 5.41) is 0. The molecule has 0 radical (unpaired) electrons. The van der Waals surface area contributed by atoms with Gasteiger partial charge in [0.05, 0.1) is 5.60 Å². The minimum atomic E-state index is 0.196. The largest absolute Gasteiger partial charge is 0.379 e. The van der Waals surface area contributed by atoms with Crippen LogP contribution in [-0.4, -0.2) is 16.6 Å². The van der Waals surface area contributed by atoms with E-state index in [1.165, 1.54) is 25.7 Å². The maximum atomic E-state index is 5.42. The Morgan fingerprint density at radius 3 is 2.30 bits per heavy atom. The third-order valence-corrected chi connectivity index (χ3v) is 3.71. The molecule has 0 saturated heterocycles. The molecule has 0 amide bonds. The van der Waals surface area contributed by atoms with Crippen molar-refractivity contribution in [1.29, 1.82) is 0 Å². The summed E-state index contributed by atoms with van der Waals surface area (Å²) < 4.78 is 6.31. The summed E-state index contributed by atoms with van der Waals surface area (Å²) in [5.74, 6) is 0. The van der Waals surface area contributed by atoms with Gasteiger partial charge >= 0.3 is 0 Å². The predicted molar refractivity (Wildman–Crippen MR) is 51.7 cm³/mol. The molecule has 0 heterocycles. The summed E-state index contributed by atoms with van der Waals surface area (Å²) >= 11 is 2.53. The minimum Gasteiger partial charge on any atom is -0.379 e. The molecule has 1 fully saturated rings. The fraction of sp³-hybridized carbons (Fsp3) is 1.00. The molecule has 60 valence electrons. The zero-order valence-corrected chi connectivity index (χ0v) is 8.85. The second-order valence-electron chi connectivity index (χ2n) is 3.33. The molecule has 1 aliphatic rings. The normalized spacial score (nSPS) is 41.7. The van der Waals surface area contributed by atoms with Crippen LogP contribution in [0.5, 0.6) is 0 Å². The van der Waals surface area contributed by atoms with E-state index in [2.05, 4.69) is 29.5 Å². The summed E-state index contributed by atoms with van der Waals surface area (Å²) in [7, 11) is 1.83. The average molecular weight is 254 g/mol. The highest BCUT2D eigenvalue weighted by molar-refractivity contribution is 14.1. The van der Waals surface area contributed by atoms with Crippen molar-refractivity contribution < 1.29 is 4.74 Å². The lowest BCUT2D eigenvalue weighted by molar-refractivity contribution is -0.0212. The first kappa shape index (κ1) is 8.78. The quantitative estimate of drug-likeness (QED) is 0.516. The van der Waals surface area contributed by atoms with Gasteiger partial charge in [-0.15, -0.1) is 0 Å². The smallest absolute Gasteiger partial charge is 0.0651 e. The molecule has 0 aromatic carbocycles. The molecule has 0 aromatic rings. The van der Waals surface area contributed by atoms with Gasteiger partial charge in [0.15, 0.2) is 0 Å². The van der Waals surface area contributed by atoms with E-state index in [0.717, 1.165) is 3.92 Å². The molecular weight excluding hydrogens is 239 g/mol. The first-order chi connectivity index (χ1) is 4.66. The molecule has 0 N–H and O–H groups in total. The van der Waals surface area contributed by atoms with Crippen molar-refractivity contribution in [2.45, 2.75) is 42.1 Å². The van der Waals surface area contributed by atoms with Crippen molar-refractivity contribution in [3.8, 4) is 0 Å². The van der Waals surface area contributed by atoms with Crippen LogP contribution in [0.1, 0.15) is 32.6 Å². The Balaban J connectivity index is 2.38. The van der Waals surface area contributed by atoms with Gasteiger partial charge in [0, 0.05) is 11.0 Å². The Labute approximate surface area is 76.7 Å². The van der Waals surface area contributed by atoms with Crippen LogP contribution in [0.2, 0.25) is 0 Å². The average Bonchev–Trinajstić information content (AvgIpc) is 1.96. The van der Waals surface area contributed by atoms with E-state index in [9.17, 15) is 0 Å². The van der Waals surface area contributed by atoms with Crippen LogP contribution in [0.4, 0.5) is 0 Å². The zero-order chi connectivity index (χ0) is 7.61. The van der Waals surface area contributed by atoms with E-state index in [0.29, 0.717) is 0 Å². The summed E-state index contributed by atoms with van der Waals surface area (Å²) in [6.45, 7) is 2.22. The number of halogens is 1. The van der Waals surface area contributed by atoms with Crippen molar-refractivity contribution >= 4 is 22.6 Å². The Hall–Kier alpha value is 0.690. The highest BCUT2D eigenvalue weighted by atomic mass is 127. The van der Waals surface area contributed by atoms with Crippen LogP contribution in [0.25, 0.3) is 0 Å². The topological polar surface area (TPSA) is 9.23 Å². The maximum Gasteiger partial charge on any atom is 0.0651 e. The van der Waals surface area contributed by atoms with Gasteiger partial charge in [-0.2, -0.15) is 0 Å². The van der Waals surface area contributed by atoms with Crippen molar-refractivity contribution in [2.24, 2.45) is 0 Å². The summed E-state index contributed by atoms with van der Waals surface area (Å²) in [4.78, 5) is 0. The van der Waals surface area contributed by atoms with E-state index >= 15 is 0 Å². The van der Waals surface area contributed by atoms with Gasteiger partial charge in [-0.05, 0) is 32.6 Å². The van der Waals surface area contributed by atoms with Crippen LogP contribution < -0.4 is 0 Å². The Morgan fingerprint density at radius 1 is 1.40 bits per heavy atom. The maximum absolute atomic E-state index is 5.42. The molecule has 1 nitrogen and oxygen atoms in total. The second-order valence-corrected chi connectivity index (χ2v) is 5.09. The Morgan fingerprint density at radius 2 is 1.90 bits per heavy atom. The molecule has 10 heavy (non-hydrogen) atoms. The molecule has 0 bridgehead atoms. The number of hydrogen-bond donors (Lipinski definition) is 0. The SMILES string of the molecule is COC1(C)CCC(I)CC1. The standard InChI is InChI=1S/C8H15IO/c1-8(10-2)5-3-7(9)4-6-8/h7H,3-6H2,1-2H3. The first-order valence-corrected chi connectivity index (χ1v) is 5.10. The van der Waals surface area contributed by atoms with Crippen LogP contribution in [0.3, 0.4) is 0 Å². The molecule has 1 aliphatic carbocycles. The first-order valence-electron chi connectivity index (χ1n) is 3.85. The van der Waals surface area contributed by atoms with Gasteiger partial charge in [0.25, 0.3) is 0 Å². The summed E-state index contributed by atoms with van der Waals surface area (Å²) in [5.41, 5.74) is 0.196. The third kappa shape index (κ3) is 2.09. The molecule has 0 spiro atoms. The second kappa shape index (κ2) is 3.39. The van der Waals surface area contributed by atoms with E-state index in [4.69, 9.17) is 4.74 Å². The lowest BCUT2D eigenvalue weighted by Gasteiger charge is -2.34. The van der Waals surface area contributed by atoms with E-state index in [1.807, 2.05) is 7.11 Å². The Kier molecular flexibility index (Phi) is 2.98. The highest BCUT2D eigenvalue weighted by Crippen LogP contribution is 2.33. The molecule has 1 rings (SSSR count). The molecular formula is C8H15IO. The van der Waals surface area contributed by atoms with Crippen molar-refractivity contribution in [3.63, 3.8) is 0 Å². The number of methoxy groups -OCH3 is 1. The predicted octanol–water partition coefficient (Wildman–Crippen LogP) is 2.77. The molecule has 0 unspecified atom stereocenters. The molecule has 0 aromatic heterocycles. The lowest BCUT2D eigenvalue weighted by Crippen LogP contribution is -2.32. The molecule has 0 aliphatic heterocycles. The van der Waals surface area contributed by atoms with Gasteiger partial charge < -0.3 is 4.74 Å². The van der Waals surface area contributed by atoms with Crippen molar-refractivity contribution in [3.05, 3.63) is 0 Å². The third-order valence-electron chi connectivity index (χ3n) is 2.47. The number of hydrogen-bond acceptors (Lipinski definition) is 1. The summed E-state index contributed by atoms with van der Waals surface area (Å²) in [6, 6.07) is 0. The molecule has 1 saturated carbocycles. The monoisotopic (exact) mass is 254 g/mol. The minimum absolute atomic E-state index is 0.196. The van der Waals surface area contributed by atoms with E-state index in [-0.39, 0.29) is 5.60 Å².